The zero-order valence-electron chi connectivity index (χ0n) is 11.8. The second-order valence-corrected chi connectivity index (χ2v) is 4.80. The highest BCUT2D eigenvalue weighted by Gasteiger charge is 2.16. The number of methoxy groups -OCH3 is 1. The van der Waals surface area contributed by atoms with Gasteiger partial charge in [-0.2, -0.15) is 0 Å². The van der Waals surface area contributed by atoms with Crippen LogP contribution >= 0.6 is 0 Å². The number of benzene rings is 1. The van der Waals surface area contributed by atoms with Gasteiger partial charge in [-0.3, -0.25) is 14.9 Å². The second kappa shape index (κ2) is 6.85. The molecular formula is C13H19N3O4. The number of nitro benzene ring substituents is 1. The molecule has 3 N–H and O–H groups in total. The van der Waals surface area contributed by atoms with Gasteiger partial charge in [-0.15, -0.1) is 0 Å². The summed E-state index contributed by atoms with van der Waals surface area (Å²) in [6.45, 7) is 3.87. The van der Waals surface area contributed by atoms with Crippen molar-refractivity contribution in [2.24, 2.45) is 11.7 Å². The van der Waals surface area contributed by atoms with Gasteiger partial charge in [-0.05, 0) is 12.0 Å². The van der Waals surface area contributed by atoms with Crippen molar-refractivity contribution in [1.82, 2.24) is 0 Å². The summed E-state index contributed by atoms with van der Waals surface area (Å²) in [7, 11) is 1.38. The summed E-state index contributed by atoms with van der Waals surface area (Å²) < 4.78 is 5.04. The van der Waals surface area contributed by atoms with Crippen LogP contribution in [0.15, 0.2) is 18.2 Å². The van der Waals surface area contributed by atoms with Crippen LogP contribution in [0.3, 0.4) is 0 Å². The Labute approximate surface area is 117 Å². The Balaban J connectivity index is 2.82. The Morgan fingerprint density at radius 1 is 1.50 bits per heavy atom. The molecule has 0 aliphatic rings. The number of carbonyl (C=O) groups excluding carboxylic acids is 1. The number of ether oxygens (including phenoxy) is 1. The van der Waals surface area contributed by atoms with E-state index in [2.05, 4.69) is 5.32 Å². The highest BCUT2D eigenvalue weighted by molar-refractivity contribution is 5.92. The summed E-state index contributed by atoms with van der Waals surface area (Å²) in [5.41, 5.74) is 6.11. The van der Waals surface area contributed by atoms with E-state index in [4.69, 9.17) is 10.5 Å². The lowest BCUT2D eigenvalue weighted by atomic mass is 10.0. The zero-order valence-corrected chi connectivity index (χ0v) is 11.8. The van der Waals surface area contributed by atoms with Crippen molar-refractivity contribution in [2.45, 2.75) is 26.3 Å². The van der Waals surface area contributed by atoms with Crippen LogP contribution in [0.2, 0.25) is 0 Å². The average molecular weight is 281 g/mol. The fraction of sp³-hybridized carbons (Fsp3) is 0.462. The second-order valence-electron chi connectivity index (χ2n) is 4.80. The van der Waals surface area contributed by atoms with Gasteiger partial charge >= 0.3 is 0 Å². The van der Waals surface area contributed by atoms with Crippen molar-refractivity contribution in [2.75, 3.05) is 12.4 Å². The Hall–Kier alpha value is -2.15. The normalized spacial score (nSPS) is 12.1. The van der Waals surface area contributed by atoms with Gasteiger partial charge < -0.3 is 15.8 Å². The van der Waals surface area contributed by atoms with Gasteiger partial charge in [-0.25, -0.2) is 0 Å². The van der Waals surface area contributed by atoms with Crippen molar-refractivity contribution in [1.29, 1.82) is 0 Å². The number of non-ortho nitro benzene ring substituents is 1. The molecule has 1 rings (SSSR count). The van der Waals surface area contributed by atoms with Crippen molar-refractivity contribution in [3.05, 3.63) is 28.3 Å². The molecule has 1 atom stereocenters. The van der Waals surface area contributed by atoms with Crippen molar-refractivity contribution in [3.63, 3.8) is 0 Å². The predicted molar refractivity (Wildman–Crippen MR) is 75.7 cm³/mol. The number of rotatable bonds is 6. The topological polar surface area (TPSA) is 107 Å². The minimum Gasteiger partial charge on any atom is -0.494 e. The number of anilines is 1. The van der Waals surface area contributed by atoms with Gasteiger partial charge in [0.25, 0.3) is 5.69 Å². The number of hydrogen-bond acceptors (Lipinski definition) is 5. The molecule has 0 heterocycles. The van der Waals surface area contributed by atoms with Crippen LogP contribution in [-0.2, 0) is 4.79 Å². The van der Waals surface area contributed by atoms with E-state index in [9.17, 15) is 14.9 Å². The molecule has 0 aliphatic carbocycles. The molecule has 0 fully saturated rings. The number of nitrogens with two attached hydrogens (primary N) is 1. The molecule has 0 aliphatic heterocycles. The summed E-state index contributed by atoms with van der Waals surface area (Å²) in [4.78, 5) is 22.0. The molecule has 0 saturated heterocycles. The molecule has 1 amide bonds. The van der Waals surface area contributed by atoms with E-state index in [1.807, 2.05) is 13.8 Å². The Morgan fingerprint density at radius 3 is 2.65 bits per heavy atom. The molecule has 1 aromatic rings. The minimum absolute atomic E-state index is 0.0984. The van der Waals surface area contributed by atoms with E-state index in [1.54, 1.807) is 0 Å². The zero-order chi connectivity index (χ0) is 15.3. The predicted octanol–water partition coefficient (Wildman–Crippen LogP) is 1.92. The first-order valence-electron chi connectivity index (χ1n) is 6.23. The maximum atomic E-state index is 11.8. The van der Waals surface area contributed by atoms with E-state index < -0.39 is 4.92 Å². The number of nitro groups is 1. The molecule has 0 aromatic heterocycles. The van der Waals surface area contributed by atoms with Gasteiger partial charge in [0.05, 0.1) is 23.8 Å². The van der Waals surface area contributed by atoms with Crippen LogP contribution in [0.25, 0.3) is 0 Å². The van der Waals surface area contributed by atoms with Crippen LogP contribution in [-0.4, -0.2) is 24.0 Å². The van der Waals surface area contributed by atoms with Gasteiger partial charge in [0.15, 0.2) is 0 Å². The smallest absolute Gasteiger partial charge is 0.273 e. The lowest BCUT2D eigenvalue weighted by Gasteiger charge is -2.16. The molecule has 0 bridgehead atoms. The largest absolute Gasteiger partial charge is 0.494 e. The summed E-state index contributed by atoms with van der Waals surface area (Å²) in [6.07, 6.45) is 0.178. The number of nitrogens with zero attached hydrogens (tertiary/aromatic N) is 1. The highest BCUT2D eigenvalue weighted by atomic mass is 16.6. The summed E-state index contributed by atoms with van der Waals surface area (Å²) in [5, 5.41) is 13.3. The van der Waals surface area contributed by atoms with Gasteiger partial charge in [0.2, 0.25) is 5.91 Å². The first kappa shape index (κ1) is 15.9. The van der Waals surface area contributed by atoms with Crippen LogP contribution in [0.5, 0.6) is 5.75 Å². The molecule has 20 heavy (non-hydrogen) atoms. The van der Waals surface area contributed by atoms with Gasteiger partial charge in [0, 0.05) is 18.5 Å². The van der Waals surface area contributed by atoms with E-state index in [0.717, 1.165) is 0 Å². The Morgan fingerprint density at radius 2 is 2.15 bits per heavy atom. The van der Waals surface area contributed by atoms with Crippen LogP contribution in [0, 0.1) is 16.0 Å². The number of amides is 1. The monoisotopic (exact) mass is 281 g/mol. The molecule has 0 spiro atoms. The molecular weight excluding hydrogens is 262 g/mol. The highest BCUT2D eigenvalue weighted by Crippen LogP contribution is 2.29. The lowest BCUT2D eigenvalue weighted by Crippen LogP contribution is -2.31. The number of nitrogens with one attached hydrogen (secondary N) is 1. The summed E-state index contributed by atoms with van der Waals surface area (Å²) in [6, 6.07) is 3.77. The summed E-state index contributed by atoms with van der Waals surface area (Å²) in [5.74, 6) is 0.184. The molecule has 110 valence electrons. The first-order chi connectivity index (χ1) is 9.35. The standard InChI is InChI=1S/C13H19N3O4/c1-8(2)10(14)7-13(17)15-11-5-4-9(16(18)19)6-12(11)20-3/h4-6,8,10H,7,14H2,1-3H3,(H,15,17). The van der Waals surface area contributed by atoms with E-state index in [0.29, 0.717) is 5.69 Å². The number of carbonyl (C=O) groups is 1. The fourth-order valence-corrected chi connectivity index (χ4v) is 1.55. The first-order valence-corrected chi connectivity index (χ1v) is 6.23. The average Bonchev–Trinajstić information content (AvgIpc) is 2.38. The Bertz CT molecular complexity index is 502. The maximum Gasteiger partial charge on any atom is 0.273 e. The van der Waals surface area contributed by atoms with Crippen molar-refractivity contribution >= 4 is 17.3 Å². The number of hydrogen-bond donors (Lipinski definition) is 2. The molecule has 0 radical (unpaired) electrons. The third-order valence-corrected chi connectivity index (χ3v) is 2.95. The van der Waals surface area contributed by atoms with E-state index >= 15 is 0 Å². The molecule has 7 nitrogen and oxygen atoms in total. The van der Waals surface area contributed by atoms with Crippen LogP contribution in [0.1, 0.15) is 20.3 Å². The molecule has 0 saturated carbocycles. The van der Waals surface area contributed by atoms with E-state index in [1.165, 1.54) is 25.3 Å². The lowest BCUT2D eigenvalue weighted by molar-refractivity contribution is -0.384. The van der Waals surface area contributed by atoms with Crippen LogP contribution < -0.4 is 15.8 Å². The third kappa shape index (κ3) is 4.20. The SMILES string of the molecule is COc1cc([N+](=O)[O-])ccc1NC(=O)CC(N)C(C)C. The van der Waals surface area contributed by atoms with Crippen molar-refractivity contribution < 1.29 is 14.5 Å². The van der Waals surface area contributed by atoms with Gasteiger partial charge in [-0.1, -0.05) is 13.8 Å². The molecule has 1 unspecified atom stereocenters. The molecule has 7 heteroatoms. The molecule has 1 aromatic carbocycles. The Kier molecular flexibility index (Phi) is 5.45. The minimum atomic E-state index is -0.525. The van der Waals surface area contributed by atoms with E-state index in [-0.39, 0.29) is 35.7 Å². The van der Waals surface area contributed by atoms with Gasteiger partial charge in [0.1, 0.15) is 5.75 Å². The third-order valence-electron chi connectivity index (χ3n) is 2.95. The summed E-state index contributed by atoms with van der Waals surface area (Å²) >= 11 is 0. The quantitative estimate of drug-likeness (QED) is 0.611. The van der Waals surface area contributed by atoms with Crippen molar-refractivity contribution in [3.8, 4) is 5.75 Å². The fourth-order valence-electron chi connectivity index (χ4n) is 1.55. The van der Waals surface area contributed by atoms with Crippen LogP contribution in [0.4, 0.5) is 11.4 Å². The maximum absolute atomic E-state index is 11.8.